The second-order valence-corrected chi connectivity index (χ2v) is 5.60. The number of amides is 1. The Labute approximate surface area is 149 Å². The van der Waals surface area contributed by atoms with E-state index in [2.05, 4.69) is 27.2 Å². The lowest BCUT2D eigenvalue weighted by atomic mass is 10.2. The number of ether oxygens (including phenoxy) is 1. The molecule has 0 fully saturated rings. The fourth-order valence-electron chi connectivity index (χ4n) is 2.24. The van der Waals surface area contributed by atoms with E-state index in [4.69, 9.17) is 4.74 Å². The quantitative estimate of drug-likeness (QED) is 0.304. The van der Waals surface area contributed by atoms with Gasteiger partial charge in [-0.15, -0.1) is 0 Å². The lowest BCUT2D eigenvalue weighted by Gasteiger charge is -2.05. The van der Waals surface area contributed by atoms with Crippen molar-refractivity contribution < 1.29 is 19.1 Å². The molecule has 0 saturated carbocycles. The van der Waals surface area contributed by atoms with Crippen LogP contribution in [0, 0.1) is 5.21 Å². The molecule has 1 N–H and O–H groups in total. The van der Waals surface area contributed by atoms with E-state index in [0.717, 1.165) is 18.6 Å². The number of hydrogen-bond donors (Lipinski definition) is 1. The van der Waals surface area contributed by atoms with Crippen LogP contribution in [0.3, 0.4) is 0 Å². The van der Waals surface area contributed by atoms with Crippen molar-refractivity contribution in [2.24, 2.45) is 5.10 Å². The number of unbranched alkanes of at least 4 members (excludes halogenated alkanes) is 1. The highest BCUT2D eigenvalue weighted by atomic mass is 16.8. The molecule has 3 aromatic rings. The van der Waals surface area contributed by atoms with E-state index in [1.54, 1.807) is 42.5 Å². The Morgan fingerprint density at radius 3 is 2.92 bits per heavy atom. The molecule has 0 bridgehead atoms. The number of nitrogens with zero attached hydrogens (tertiary/aromatic N) is 3. The van der Waals surface area contributed by atoms with E-state index in [-0.39, 0.29) is 5.91 Å². The minimum atomic E-state index is -0.332. The lowest BCUT2D eigenvalue weighted by molar-refractivity contribution is -0.782. The number of nitrogens with one attached hydrogen (secondary N) is 1. The van der Waals surface area contributed by atoms with Crippen LogP contribution in [-0.2, 0) is 0 Å². The third-order valence-electron chi connectivity index (χ3n) is 3.67. The van der Waals surface area contributed by atoms with Gasteiger partial charge in [0, 0.05) is 16.8 Å². The van der Waals surface area contributed by atoms with E-state index in [0.29, 0.717) is 33.7 Å². The van der Waals surface area contributed by atoms with Gasteiger partial charge in [0.2, 0.25) is 11.0 Å². The summed E-state index contributed by atoms with van der Waals surface area (Å²) >= 11 is 0. The molecule has 0 saturated heterocycles. The first-order valence-electron chi connectivity index (χ1n) is 8.23. The van der Waals surface area contributed by atoms with Crippen molar-refractivity contribution in [2.45, 2.75) is 19.8 Å². The molecule has 1 aromatic heterocycles. The summed E-state index contributed by atoms with van der Waals surface area (Å²) in [5, 5.41) is 18.8. The Kier molecular flexibility index (Phi) is 5.43. The average Bonchev–Trinajstić information content (AvgIpc) is 3.03. The third-order valence-corrected chi connectivity index (χ3v) is 3.67. The summed E-state index contributed by atoms with van der Waals surface area (Å²) in [5.74, 6) is 0.399. The fourth-order valence-corrected chi connectivity index (χ4v) is 2.24. The molecule has 0 aliphatic heterocycles. The SMILES string of the molecule is CCCCOc1ccc(C(=O)N/N=C/c2ccc3c(c2)no[n+]3[O-])cc1. The van der Waals surface area contributed by atoms with Gasteiger partial charge in [-0.1, -0.05) is 13.3 Å². The Morgan fingerprint density at radius 1 is 1.35 bits per heavy atom. The molecule has 1 heterocycles. The Bertz CT molecular complexity index is 919. The number of aromatic nitrogens is 2. The smallest absolute Gasteiger partial charge is 0.271 e. The molecule has 0 aliphatic rings. The van der Waals surface area contributed by atoms with Gasteiger partial charge in [0.25, 0.3) is 5.91 Å². The van der Waals surface area contributed by atoms with Crippen molar-refractivity contribution in [2.75, 3.05) is 6.61 Å². The first-order valence-corrected chi connectivity index (χ1v) is 8.23. The predicted molar refractivity (Wildman–Crippen MR) is 94.9 cm³/mol. The molecule has 0 unspecified atom stereocenters. The summed E-state index contributed by atoms with van der Waals surface area (Å²) in [6.45, 7) is 2.76. The van der Waals surface area contributed by atoms with Crippen LogP contribution in [0.25, 0.3) is 11.0 Å². The van der Waals surface area contributed by atoms with Gasteiger partial charge in [-0.05, 0) is 53.3 Å². The standard InChI is InChI=1S/C18H18N4O4/c1-2-3-10-25-15-7-5-14(6-8-15)18(23)20-19-12-13-4-9-17-16(11-13)21-26-22(17)24/h4-9,11-12H,2-3,10H2,1H3,(H,20,23)/b19-12+. The number of hydrogen-bond acceptors (Lipinski definition) is 6. The number of hydrazone groups is 1. The van der Waals surface area contributed by atoms with Gasteiger partial charge in [0.1, 0.15) is 5.75 Å². The molecular formula is C18H18N4O4. The summed E-state index contributed by atoms with van der Waals surface area (Å²) < 4.78 is 10.1. The second-order valence-electron chi connectivity index (χ2n) is 5.60. The maximum atomic E-state index is 12.1. The van der Waals surface area contributed by atoms with Gasteiger partial charge in [-0.2, -0.15) is 5.10 Å². The Morgan fingerprint density at radius 2 is 2.15 bits per heavy atom. The van der Waals surface area contributed by atoms with Crippen molar-refractivity contribution in [1.82, 2.24) is 10.6 Å². The Balaban J connectivity index is 1.57. The summed E-state index contributed by atoms with van der Waals surface area (Å²) in [5.41, 5.74) is 4.34. The van der Waals surface area contributed by atoms with Gasteiger partial charge in [0.15, 0.2) is 0 Å². The molecule has 26 heavy (non-hydrogen) atoms. The highest BCUT2D eigenvalue weighted by Crippen LogP contribution is 2.13. The number of carbonyl (C=O) groups excluding carboxylic acids is 1. The molecule has 0 spiro atoms. The van der Waals surface area contributed by atoms with Crippen molar-refractivity contribution in [3.8, 4) is 5.75 Å². The second kappa shape index (κ2) is 8.11. The van der Waals surface area contributed by atoms with Gasteiger partial charge in [0.05, 0.1) is 12.8 Å². The number of benzene rings is 2. The predicted octanol–water partition coefficient (Wildman–Crippen LogP) is 2.40. The summed E-state index contributed by atoms with van der Waals surface area (Å²) in [7, 11) is 0. The first-order chi connectivity index (χ1) is 12.7. The van der Waals surface area contributed by atoms with E-state index >= 15 is 0 Å². The van der Waals surface area contributed by atoms with Crippen LogP contribution in [0.4, 0.5) is 0 Å². The van der Waals surface area contributed by atoms with Crippen LogP contribution in [0.5, 0.6) is 5.75 Å². The first kappa shape index (κ1) is 17.4. The topological polar surface area (TPSA) is 104 Å². The zero-order chi connectivity index (χ0) is 18.4. The van der Waals surface area contributed by atoms with Crippen LogP contribution >= 0.6 is 0 Å². The van der Waals surface area contributed by atoms with E-state index in [1.807, 2.05) is 0 Å². The highest BCUT2D eigenvalue weighted by Gasteiger charge is 2.09. The van der Waals surface area contributed by atoms with Gasteiger partial charge < -0.3 is 9.94 Å². The molecule has 0 atom stereocenters. The highest BCUT2D eigenvalue weighted by molar-refractivity contribution is 5.95. The van der Waals surface area contributed by atoms with E-state index in [1.165, 1.54) is 6.21 Å². The van der Waals surface area contributed by atoms with Crippen LogP contribution in [0.15, 0.2) is 52.2 Å². The molecule has 3 rings (SSSR count). The van der Waals surface area contributed by atoms with Gasteiger partial charge >= 0.3 is 0 Å². The summed E-state index contributed by atoms with van der Waals surface area (Å²) in [4.78, 5) is 12.4. The zero-order valence-electron chi connectivity index (χ0n) is 14.2. The fraction of sp³-hybridized carbons (Fsp3) is 0.222. The largest absolute Gasteiger partial charge is 0.494 e. The molecule has 1 amide bonds. The van der Waals surface area contributed by atoms with Gasteiger partial charge in [-0.3, -0.25) is 9.42 Å². The third kappa shape index (κ3) is 4.15. The number of rotatable bonds is 7. The molecule has 2 aromatic carbocycles. The molecule has 8 heteroatoms. The number of fused-ring (bicyclic) bond motifs is 1. The van der Waals surface area contributed by atoms with Crippen LogP contribution in [-0.4, -0.2) is 23.9 Å². The maximum Gasteiger partial charge on any atom is 0.271 e. The van der Waals surface area contributed by atoms with Crippen molar-refractivity contribution >= 4 is 23.2 Å². The van der Waals surface area contributed by atoms with Crippen LogP contribution < -0.4 is 15.1 Å². The van der Waals surface area contributed by atoms with E-state index in [9.17, 15) is 10.0 Å². The van der Waals surface area contributed by atoms with Crippen molar-refractivity contribution in [3.05, 3.63) is 58.8 Å². The zero-order valence-corrected chi connectivity index (χ0v) is 14.2. The lowest BCUT2D eigenvalue weighted by Crippen LogP contribution is -2.22. The molecule has 134 valence electrons. The normalized spacial score (nSPS) is 11.1. The maximum absolute atomic E-state index is 12.1. The Hall–Kier alpha value is -3.42. The van der Waals surface area contributed by atoms with Crippen molar-refractivity contribution in [3.63, 3.8) is 0 Å². The van der Waals surface area contributed by atoms with Crippen LogP contribution in [0.1, 0.15) is 35.7 Å². The summed E-state index contributed by atoms with van der Waals surface area (Å²) in [6.07, 6.45) is 3.52. The average molecular weight is 354 g/mol. The molecule has 0 aliphatic carbocycles. The van der Waals surface area contributed by atoms with Gasteiger partial charge in [-0.25, -0.2) is 5.43 Å². The van der Waals surface area contributed by atoms with E-state index < -0.39 is 0 Å². The molecule has 8 nitrogen and oxygen atoms in total. The minimum absolute atomic E-state index is 0.326. The van der Waals surface area contributed by atoms with Crippen molar-refractivity contribution in [1.29, 1.82) is 0 Å². The molecular weight excluding hydrogens is 336 g/mol. The summed E-state index contributed by atoms with van der Waals surface area (Å²) in [6, 6.07) is 11.7. The minimum Gasteiger partial charge on any atom is -0.494 e. The monoisotopic (exact) mass is 354 g/mol. The number of carbonyl (C=O) groups is 1. The van der Waals surface area contributed by atoms with Crippen LogP contribution in [0.2, 0.25) is 0 Å². The molecule has 0 radical (unpaired) electrons.